The number of anilines is 2. The minimum atomic E-state index is -0.153. The highest BCUT2D eigenvalue weighted by Gasteiger charge is 2.30. The first-order valence-corrected chi connectivity index (χ1v) is 13.1. The third kappa shape index (κ3) is 6.51. The van der Waals surface area contributed by atoms with E-state index in [0.29, 0.717) is 12.1 Å². The van der Waals surface area contributed by atoms with Crippen LogP contribution >= 0.6 is 0 Å². The first-order valence-electron chi connectivity index (χ1n) is 13.1. The Kier molecular flexibility index (Phi) is 7.98. The Bertz CT molecular complexity index is 1490. The van der Waals surface area contributed by atoms with Crippen molar-refractivity contribution < 1.29 is 4.79 Å². The minimum absolute atomic E-state index is 0.0372. The molecule has 8 heteroatoms. The summed E-state index contributed by atoms with van der Waals surface area (Å²) in [5.74, 6) is 0.754. The van der Waals surface area contributed by atoms with Crippen molar-refractivity contribution in [3.05, 3.63) is 113 Å². The number of nitrogens with one attached hydrogen (secondary N) is 3. The van der Waals surface area contributed by atoms with E-state index in [-0.39, 0.29) is 23.7 Å². The molecule has 2 aromatic carbocycles. The molecule has 1 fully saturated rings. The van der Waals surface area contributed by atoms with Crippen molar-refractivity contribution in [2.24, 2.45) is 0 Å². The first-order chi connectivity index (χ1) is 19.1. The number of amides is 2. The third-order valence-corrected chi connectivity index (χ3v) is 7.04. The Morgan fingerprint density at radius 3 is 2.38 bits per heavy atom. The van der Waals surface area contributed by atoms with Crippen LogP contribution in [0.2, 0.25) is 0 Å². The molecule has 0 saturated heterocycles. The largest absolute Gasteiger partial charge is 0.367 e. The number of H-pyrrole nitrogens is 1. The van der Waals surface area contributed by atoms with Crippen LogP contribution in [0.25, 0.3) is 11.3 Å². The van der Waals surface area contributed by atoms with Crippen LogP contribution in [0.5, 0.6) is 0 Å². The van der Waals surface area contributed by atoms with Crippen LogP contribution in [-0.2, 0) is 6.54 Å². The number of rotatable bonds is 7. The number of urea groups is 1. The van der Waals surface area contributed by atoms with Crippen LogP contribution < -0.4 is 21.1 Å². The van der Waals surface area contributed by atoms with Crippen molar-refractivity contribution in [1.82, 2.24) is 15.3 Å². The number of benzene rings is 2. The third-order valence-electron chi connectivity index (χ3n) is 7.04. The van der Waals surface area contributed by atoms with Gasteiger partial charge in [0.15, 0.2) is 0 Å². The molecule has 2 aromatic heterocycles. The lowest BCUT2D eigenvalue weighted by Gasteiger charge is -2.37. The van der Waals surface area contributed by atoms with Gasteiger partial charge in [0, 0.05) is 42.3 Å². The smallest absolute Gasteiger partial charge is 0.322 e. The highest BCUT2D eigenvalue weighted by Crippen LogP contribution is 2.30. The summed E-state index contributed by atoms with van der Waals surface area (Å²) in [6, 6.07) is 28.5. The van der Waals surface area contributed by atoms with Crippen molar-refractivity contribution in [2.75, 3.05) is 10.2 Å². The number of carbonyl (C=O) groups excluding carboxylic acids is 1. The molecule has 5 rings (SSSR count). The van der Waals surface area contributed by atoms with Gasteiger partial charge in [-0.05, 0) is 67.1 Å². The average molecular weight is 519 g/mol. The zero-order valence-electron chi connectivity index (χ0n) is 21.5. The van der Waals surface area contributed by atoms with Gasteiger partial charge in [0.05, 0.1) is 5.56 Å². The van der Waals surface area contributed by atoms with Gasteiger partial charge in [-0.15, -0.1) is 0 Å². The fourth-order valence-corrected chi connectivity index (χ4v) is 5.00. The Morgan fingerprint density at radius 2 is 1.72 bits per heavy atom. The maximum Gasteiger partial charge on any atom is 0.322 e. The van der Waals surface area contributed by atoms with E-state index in [2.05, 4.69) is 26.7 Å². The highest BCUT2D eigenvalue weighted by molar-refractivity contribution is 5.93. The van der Waals surface area contributed by atoms with Gasteiger partial charge in [0.1, 0.15) is 11.9 Å². The SMILES string of the molecule is N#Cc1ccc(N[C@H]2CC[C@H](N(C(=O)NCc3ccccc3)c3ccc(-c4cccc(=O)[nH]4)cc3)CC2)nc1. The summed E-state index contributed by atoms with van der Waals surface area (Å²) in [7, 11) is 0. The number of carbonyl (C=O) groups is 1. The second kappa shape index (κ2) is 12.1. The number of aromatic amines is 1. The molecule has 8 nitrogen and oxygen atoms in total. The summed E-state index contributed by atoms with van der Waals surface area (Å²) in [5, 5.41) is 15.6. The van der Waals surface area contributed by atoms with Crippen LogP contribution in [0.4, 0.5) is 16.3 Å². The number of nitrogens with zero attached hydrogens (tertiary/aromatic N) is 3. The van der Waals surface area contributed by atoms with E-state index in [4.69, 9.17) is 5.26 Å². The molecular formula is C31H30N6O2. The molecule has 0 aliphatic heterocycles. The lowest BCUT2D eigenvalue weighted by Crippen LogP contribution is -2.48. The monoisotopic (exact) mass is 518 g/mol. The van der Waals surface area contributed by atoms with Gasteiger partial charge in [-0.3, -0.25) is 9.69 Å². The molecular weight excluding hydrogens is 488 g/mol. The topological polar surface area (TPSA) is 114 Å². The molecule has 2 amide bonds. The molecule has 1 saturated carbocycles. The van der Waals surface area contributed by atoms with Gasteiger partial charge in [-0.2, -0.15) is 5.26 Å². The summed E-state index contributed by atoms with van der Waals surface area (Å²) in [6.45, 7) is 0.445. The van der Waals surface area contributed by atoms with E-state index >= 15 is 0 Å². The van der Waals surface area contributed by atoms with Crippen LogP contribution in [0, 0.1) is 11.3 Å². The van der Waals surface area contributed by atoms with Crippen LogP contribution in [-0.4, -0.2) is 28.1 Å². The number of hydrogen-bond donors (Lipinski definition) is 3. The molecule has 1 aliphatic carbocycles. The van der Waals surface area contributed by atoms with Crippen molar-refractivity contribution in [3.63, 3.8) is 0 Å². The van der Waals surface area contributed by atoms with Gasteiger partial charge in [-0.25, -0.2) is 9.78 Å². The summed E-state index contributed by atoms with van der Waals surface area (Å²) < 4.78 is 0. The van der Waals surface area contributed by atoms with E-state index in [9.17, 15) is 9.59 Å². The number of nitriles is 1. The lowest BCUT2D eigenvalue weighted by molar-refractivity contribution is 0.240. The normalized spacial score (nSPS) is 16.6. The zero-order chi connectivity index (χ0) is 27.0. The molecule has 0 atom stereocenters. The van der Waals surface area contributed by atoms with Gasteiger partial charge in [0.2, 0.25) is 5.56 Å². The van der Waals surface area contributed by atoms with Gasteiger partial charge < -0.3 is 15.6 Å². The molecule has 0 bridgehead atoms. The van der Waals surface area contributed by atoms with Crippen LogP contribution in [0.15, 0.2) is 95.9 Å². The van der Waals surface area contributed by atoms with Gasteiger partial charge in [0.25, 0.3) is 0 Å². The Balaban J connectivity index is 1.31. The maximum absolute atomic E-state index is 13.6. The van der Waals surface area contributed by atoms with Crippen LogP contribution in [0.3, 0.4) is 0 Å². The summed E-state index contributed by atoms with van der Waals surface area (Å²) >= 11 is 0. The van der Waals surface area contributed by atoms with Gasteiger partial charge >= 0.3 is 6.03 Å². The summed E-state index contributed by atoms with van der Waals surface area (Å²) in [6.07, 6.45) is 5.01. The van der Waals surface area contributed by atoms with E-state index in [1.165, 1.54) is 6.07 Å². The van der Waals surface area contributed by atoms with Crippen molar-refractivity contribution >= 4 is 17.5 Å². The molecule has 0 radical (unpaired) electrons. The molecule has 4 aromatic rings. The number of aromatic nitrogens is 2. The molecule has 3 N–H and O–H groups in total. The summed E-state index contributed by atoms with van der Waals surface area (Å²) in [5.41, 5.74) is 3.84. The van der Waals surface area contributed by atoms with E-state index in [1.54, 1.807) is 18.3 Å². The Morgan fingerprint density at radius 1 is 0.949 bits per heavy atom. The molecule has 39 heavy (non-hydrogen) atoms. The Labute approximate surface area is 227 Å². The minimum Gasteiger partial charge on any atom is -0.367 e. The predicted octanol–water partition coefficient (Wildman–Crippen LogP) is 5.45. The Hall–Kier alpha value is -4.90. The summed E-state index contributed by atoms with van der Waals surface area (Å²) in [4.78, 5) is 34.4. The van der Waals surface area contributed by atoms with Crippen molar-refractivity contribution in [3.8, 4) is 17.3 Å². The molecule has 0 spiro atoms. The molecule has 1 aliphatic rings. The number of pyridine rings is 2. The lowest BCUT2D eigenvalue weighted by atomic mass is 9.89. The molecule has 196 valence electrons. The van der Waals surface area contributed by atoms with E-state index in [1.807, 2.05) is 71.6 Å². The second-order valence-corrected chi connectivity index (χ2v) is 9.68. The maximum atomic E-state index is 13.6. The first kappa shape index (κ1) is 25.7. The van der Waals surface area contributed by atoms with Crippen LogP contribution in [0.1, 0.15) is 36.8 Å². The van der Waals surface area contributed by atoms with Crippen molar-refractivity contribution in [2.45, 2.75) is 44.3 Å². The zero-order valence-corrected chi connectivity index (χ0v) is 21.5. The molecule has 0 unspecified atom stereocenters. The molecule has 2 heterocycles. The number of hydrogen-bond acceptors (Lipinski definition) is 5. The van der Waals surface area contributed by atoms with Crippen molar-refractivity contribution in [1.29, 1.82) is 5.26 Å². The van der Waals surface area contributed by atoms with E-state index in [0.717, 1.165) is 54.0 Å². The average Bonchev–Trinajstić information content (AvgIpc) is 2.98. The second-order valence-electron chi connectivity index (χ2n) is 9.68. The fourth-order valence-electron chi connectivity index (χ4n) is 5.00. The predicted molar refractivity (Wildman–Crippen MR) is 152 cm³/mol. The van der Waals surface area contributed by atoms with E-state index < -0.39 is 0 Å². The fraction of sp³-hybridized carbons (Fsp3) is 0.226. The quantitative estimate of drug-likeness (QED) is 0.301. The van der Waals surface area contributed by atoms with Gasteiger partial charge in [-0.1, -0.05) is 48.5 Å². The standard InChI is InChI=1S/C31H30N6O2/c32-19-23-9-18-29(33-21-23)35-25-12-16-27(17-13-25)37(31(39)34-20-22-5-2-1-3-6-22)26-14-10-24(11-15-26)28-7-4-8-30(38)36-28/h1-11,14-15,18,21,25,27H,12-13,16-17,20H2,(H,33,35)(H,34,39)(H,36,38)/t25-,27-. The highest BCUT2D eigenvalue weighted by atomic mass is 16.2.